The van der Waals surface area contributed by atoms with Gasteiger partial charge in [-0.2, -0.15) is 0 Å². The predicted octanol–water partition coefficient (Wildman–Crippen LogP) is 4.76. The number of likely N-dealkylation sites (N-methyl/N-ethyl adjacent to an activating group) is 1. The summed E-state index contributed by atoms with van der Waals surface area (Å²) >= 11 is 1.68. The molecule has 0 aliphatic rings. The van der Waals surface area contributed by atoms with Gasteiger partial charge in [0.2, 0.25) is 5.91 Å². The van der Waals surface area contributed by atoms with Gasteiger partial charge in [-0.25, -0.2) is 4.98 Å². The zero-order valence-corrected chi connectivity index (χ0v) is 16.9. The van der Waals surface area contributed by atoms with Crippen molar-refractivity contribution in [1.29, 1.82) is 0 Å². The van der Waals surface area contributed by atoms with Gasteiger partial charge in [0.1, 0.15) is 5.01 Å². The Morgan fingerprint density at radius 3 is 2.64 bits per heavy atom. The van der Waals surface area contributed by atoms with Crippen LogP contribution in [0, 0.1) is 0 Å². The lowest BCUT2D eigenvalue weighted by atomic mass is 10.0. The van der Waals surface area contributed by atoms with Crippen LogP contribution in [0.2, 0.25) is 0 Å². The number of thiazole rings is 1. The summed E-state index contributed by atoms with van der Waals surface area (Å²) in [6, 6.07) is 22.7. The van der Waals surface area contributed by atoms with E-state index in [4.69, 9.17) is 0 Å². The summed E-state index contributed by atoms with van der Waals surface area (Å²) in [5.41, 5.74) is 2.13. The second-order valence-electron chi connectivity index (χ2n) is 7.14. The van der Waals surface area contributed by atoms with Crippen molar-refractivity contribution >= 4 is 38.2 Å². The van der Waals surface area contributed by atoms with Crippen LogP contribution in [0.1, 0.15) is 23.5 Å². The summed E-state index contributed by atoms with van der Waals surface area (Å²) in [4.78, 5) is 19.1. The monoisotopic (exact) mass is 389 g/mol. The van der Waals surface area contributed by atoms with Crippen molar-refractivity contribution in [3.05, 3.63) is 77.3 Å². The molecule has 0 fully saturated rings. The van der Waals surface area contributed by atoms with Crippen molar-refractivity contribution in [1.82, 2.24) is 15.2 Å². The Hall–Kier alpha value is -2.76. The van der Waals surface area contributed by atoms with Crippen molar-refractivity contribution in [3.63, 3.8) is 0 Å². The number of carbonyl (C=O) groups excluding carboxylic acids is 1. The lowest BCUT2D eigenvalue weighted by Gasteiger charge is -2.19. The third-order valence-corrected chi connectivity index (χ3v) is 5.83. The van der Waals surface area contributed by atoms with E-state index >= 15 is 0 Å². The van der Waals surface area contributed by atoms with Crippen molar-refractivity contribution < 1.29 is 4.79 Å². The lowest BCUT2D eigenvalue weighted by Crippen LogP contribution is -2.36. The number of fused-ring (bicyclic) bond motifs is 2. The van der Waals surface area contributed by atoms with E-state index in [0.717, 1.165) is 16.1 Å². The molecular weight excluding hydrogens is 366 g/mol. The summed E-state index contributed by atoms with van der Waals surface area (Å²) in [6.07, 6.45) is 0. The van der Waals surface area contributed by atoms with Gasteiger partial charge >= 0.3 is 0 Å². The molecule has 5 heteroatoms. The number of amides is 1. The molecule has 1 atom stereocenters. The minimum Gasteiger partial charge on any atom is -0.348 e. The van der Waals surface area contributed by atoms with Gasteiger partial charge in [-0.05, 0) is 48.5 Å². The van der Waals surface area contributed by atoms with Crippen LogP contribution in [0.15, 0.2) is 66.7 Å². The smallest absolute Gasteiger partial charge is 0.234 e. The van der Waals surface area contributed by atoms with Crippen LogP contribution >= 0.6 is 11.3 Å². The summed E-state index contributed by atoms with van der Waals surface area (Å²) in [5.74, 6) is 0.0178. The standard InChI is InChI=1S/C23H23N3OS/c1-16(18-12-11-17-7-3-4-8-19(17)13-18)24-22(27)14-26(2)15-23-25-20-9-5-6-10-21(20)28-23/h3-13,16H,14-15H2,1-2H3,(H,24,27)/t16-/m0/s1. The van der Waals surface area contributed by atoms with Crippen LogP contribution in [-0.2, 0) is 11.3 Å². The number of aromatic nitrogens is 1. The fourth-order valence-corrected chi connectivity index (χ4v) is 4.41. The Labute approximate surface area is 168 Å². The largest absolute Gasteiger partial charge is 0.348 e. The number of rotatable bonds is 6. The molecule has 4 rings (SSSR count). The van der Waals surface area contributed by atoms with Gasteiger partial charge in [0.05, 0.1) is 29.3 Å². The fraction of sp³-hybridized carbons (Fsp3) is 0.217. The molecule has 4 nitrogen and oxygen atoms in total. The van der Waals surface area contributed by atoms with Crippen molar-refractivity contribution in [2.45, 2.75) is 19.5 Å². The second kappa shape index (κ2) is 8.09. The molecule has 1 heterocycles. The summed E-state index contributed by atoms with van der Waals surface area (Å²) in [7, 11) is 1.95. The molecule has 3 aromatic carbocycles. The maximum absolute atomic E-state index is 12.5. The van der Waals surface area contributed by atoms with Gasteiger partial charge < -0.3 is 5.32 Å². The molecule has 0 unspecified atom stereocenters. The zero-order chi connectivity index (χ0) is 19.5. The highest BCUT2D eigenvalue weighted by Gasteiger charge is 2.13. The van der Waals surface area contributed by atoms with Crippen LogP contribution in [0.3, 0.4) is 0 Å². The summed E-state index contributed by atoms with van der Waals surface area (Å²) in [6.45, 7) is 3.03. The van der Waals surface area contributed by atoms with Gasteiger partial charge in [0.15, 0.2) is 0 Å². The summed E-state index contributed by atoms with van der Waals surface area (Å²) < 4.78 is 1.18. The molecule has 1 N–H and O–H groups in total. The maximum Gasteiger partial charge on any atom is 0.234 e. The van der Waals surface area contributed by atoms with Crippen LogP contribution in [0.5, 0.6) is 0 Å². The van der Waals surface area contributed by atoms with Crippen molar-refractivity contribution in [3.8, 4) is 0 Å². The molecule has 4 aromatic rings. The predicted molar refractivity (Wildman–Crippen MR) is 116 cm³/mol. The molecule has 0 saturated heterocycles. The molecule has 28 heavy (non-hydrogen) atoms. The third kappa shape index (κ3) is 4.21. The second-order valence-corrected chi connectivity index (χ2v) is 8.26. The quantitative estimate of drug-likeness (QED) is 0.517. The molecule has 1 amide bonds. The van der Waals surface area contributed by atoms with E-state index in [1.807, 2.05) is 49.2 Å². The first-order valence-electron chi connectivity index (χ1n) is 9.39. The molecule has 0 radical (unpaired) electrons. The Kier molecular flexibility index (Phi) is 5.37. The maximum atomic E-state index is 12.5. The highest BCUT2D eigenvalue weighted by molar-refractivity contribution is 7.18. The first-order chi connectivity index (χ1) is 13.6. The van der Waals surface area contributed by atoms with Gasteiger partial charge in [-0.3, -0.25) is 9.69 Å². The van der Waals surface area contributed by atoms with E-state index in [0.29, 0.717) is 13.1 Å². The number of carbonyl (C=O) groups is 1. The summed E-state index contributed by atoms with van der Waals surface area (Å²) in [5, 5.41) is 6.53. The van der Waals surface area contributed by atoms with Gasteiger partial charge in [0.25, 0.3) is 0 Å². The van der Waals surface area contributed by atoms with Gasteiger partial charge in [-0.1, -0.05) is 48.5 Å². The van der Waals surface area contributed by atoms with Crippen LogP contribution < -0.4 is 5.32 Å². The van der Waals surface area contributed by atoms with E-state index < -0.39 is 0 Å². The van der Waals surface area contributed by atoms with Gasteiger partial charge in [-0.15, -0.1) is 11.3 Å². The van der Waals surface area contributed by atoms with Gasteiger partial charge in [0, 0.05) is 0 Å². The SMILES string of the molecule is C[C@H](NC(=O)CN(C)Cc1nc2ccccc2s1)c1ccc2ccccc2c1. The first-order valence-corrected chi connectivity index (χ1v) is 10.2. The molecule has 0 aliphatic heterocycles. The van der Waals surface area contributed by atoms with Crippen LogP contribution in [0.4, 0.5) is 0 Å². The number of para-hydroxylation sites is 1. The van der Waals surface area contributed by atoms with Crippen LogP contribution in [0.25, 0.3) is 21.0 Å². The van der Waals surface area contributed by atoms with E-state index in [1.165, 1.54) is 15.5 Å². The lowest BCUT2D eigenvalue weighted by molar-refractivity contribution is -0.122. The third-order valence-electron chi connectivity index (χ3n) is 4.81. The Bertz CT molecular complexity index is 1090. The molecule has 0 bridgehead atoms. The first kappa shape index (κ1) is 18.6. The molecular formula is C23H23N3OS. The Morgan fingerprint density at radius 2 is 1.82 bits per heavy atom. The minimum atomic E-state index is -0.0343. The number of nitrogens with zero attached hydrogens (tertiary/aromatic N) is 2. The van der Waals surface area contributed by atoms with Crippen LogP contribution in [-0.4, -0.2) is 29.4 Å². The van der Waals surface area contributed by atoms with Crippen molar-refractivity contribution in [2.75, 3.05) is 13.6 Å². The normalized spacial score (nSPS) is 12.5. The van der Waals surface area contributed by atoms with E-state index in [2.05, 4.69) is 46.7 Å². The average Bonchev–Trinajstić information content (AvgIpc) is 3.09. The average molecular weight is 390 g/mol. The Morgan fingerprint density at radius 1 is 1.07 bits per heavy atom. The van der Waals surface area contributed by atoms with E-state index in [9.17, 15) is 4.79 Å². The number of hydrogen-bond acceptors (Lipinski definition) is 4. The van der Waals surface area contributed by atoms with Crippen molar-refractivity contribution in [2.24, 2.45) is 0 Å². The van der Waals surface area contributed by atoms with E-state index in [-0.39, 0.29) is 11.9 Å². The highest BCUT2D eigenvalue weighted by Crippen LogP contribution is 2.23. The number of benzene rings is 3. The molecule has 1 aromatic heterocycles. The zero-order valence-electron chi connectivity index (χ0n) is 16.1. The highest BCUT2D eigenvalue weighted by atomic mass is 32.1. The number of nitrogens with one attached hydrogen (secondary N) is 1. The molecule has 0 spiro atoms. The van der Waals surface area contributed by atoms with E-state index in [1.54, 1.807) is 11.3 Å². The fourth-order valence-electron chi connectivity index (χ4n) is 3.37. The topological polar surface area (TPSA) is 45.2 Å². The molecule has 0 aliphatic carbocycles. The molecule has 0 saturated carbocycles. The number of hydrogen-bond donors (Lipinski definition) is 1. The molecule has 142 valence electrons. The Balaban J connectivity index is 1.35. The minimum absolute atomic E-state index is 0.0178.